The van der Waals surface area contributed by atoms with Gasteiger partial charge in [0.1, 0.15) is 0 Å². The molecule has 4 heteroatoms. The minimum absolute atomic E-state index is 0.0459. The molecular formula is C9H19NO3. The number of esters is 1. The smallest absolute Gasteiger partial charge is 0.307 e. The fraction of sp³-hybridized carbons (Fsp3) is 0.889. The van der Waals surface area contributed by atoms with Gasteiger partial charge in [-0.1, -0.05) is 6.92 Å². The lowest BCUT2D eigenvalue weighted by molar-refractivity contribution is -0.141. The van der Waals surface area contributed by atoms with Crippen LogP contribution in [0.25, 0.3) is 0 Å². The van der Waals surface area contributed by atoms with Gasteiger partial charge in [0.05, 0.1) is 20.1 Å². The van der Waals surface area contributed by atoms with Crippen molar-refractivity contribution >= 4 is 5.97 Å². The van der Waals surface area contributed by atoms with Crippen LogP contribution in [0.3, 0.4) is 0 Å². The molecule has 0 rings (SSSR count). The van der Waals surface area contributed by atoms with Gasteiger partial charge < -0.3 is 15.2 Å². The van der Waals surface area contributed by atoms with Gasteiger partial charge in [-0.15, -0.1) is 0 Å². The summed E-state index contributed by atoms with van der Waals surface area (Å²) in [5.74, 6) is -0.229. The van der Waals surface area contributed by atoms with Crippen LogP contribution in [0.5, 0.6) is 0 Å². The lowest BCUT2D eigenvalue weighted by Gasteiger charge is -2.19. The maximum atomic E-state index is 10.9. The average molecular weight is 189 g/mol. The Morgan fingerprint density at radius 1 is 1.62 bits per heavy atom. The first-order valence-electron chi connectivity index (χ1n) is 4.57. The van der Waals surface area contributed by atoms with E-state index in [4.69, 9.17) is 5.11 Å². The fourth-order valence-electron chi connectivity index (χ4n) is 1.09. The summed E-state index contributed by atoms with van der Waals surface area (Å²) in [6, 6.07) is 0.115. The highest BCUT2D eigenvalue weighted by atomic mass is 16.5. The van der Waals surface area contributed by atoms with E-state index in [1.54, 1.807) is 0 Å². The summed E-state index contributed by atoms with van der Waals surface area (Å²) in [6.07, 6.45) is 1.19. The van der Waals surface area contributed by atoms with Crippen LogP contribution in [-0.4, -0.2) is 36.9 Å². The Hall–Kier alpha value is -0.610. The van der Waals surface area contributed by atoms with Crippen LogP contribution < -0.4 is 5.32 Å². The number of carbonyl (C=O) groups is 1. The summed E-state index contributed by atoms with van der Waals surface area (Å²) in [6.45, 7) is 3.98. The number of aliphatic hydroxyl groups excluding tert-OH is 1. The molecule has 0 aliphatic rings. The van der Waals surface area contributed by atoms with Crippen LogP contribution in [0.1, 0.15) is 26.7 Å². The monoisotopic (exact) mass is 189 g/mol. The molecule has 13 heavy (non-hydrogen) atoms. The summed E-state index contributed by atoms with van der Waals surface area (Å²) in [5, 5.41) is 12.0. The second kappa shape index (κ2) is 6.86. The number of hydrogen-bond donors (Lipinski definition) is 2. The van der Waals surface area contributed by atoms with Crippen molar-refractivity contribution in [1.82, 2.24) is 5.32 Å². The van der Waals surface area contributed by atoms with Crippen LogP contribution in [0.2, 0.25) is 0 Å². The average Bonchev–Trinajstić information content (AvgIpc) is 2.13. The maximum absolute atomic E-state index is 10.9. The highest BCUT2D eigenvalue weighted by molar-refractivity contribution is 5.69. The van der Waals surface area contributed by atoms with Gasteiger partial charge in [0.2, 0.25) is 0 Å². The number of rotatable bonds is 6. The molecule has 2 N–H and O–H groups in total. The molecule has 0 aliphatic heterocycles. The van der Waals surface area contributed by atoms with Crippen molar-refractivity contribution in [2.45, 2.75) is 38.8 Å². The predicted octanol–water partition coefficient (Wildman–Crippen LogP) is 0.298. The number of aliphatic hydroxyl groups is 1. The topological polar surface area (TPSA) is 58.6 Å². The second-order valence-corrected chi connectivity index (χ2v) is 3.14. The number of hydrogen-bond acceptors (Lipinski definition) is 4. The van der Waals surface area contributed by atoms with E-state index in [0.717, 1.165) is 6.42 Å². The molecule has 78 valence electrons. The van der Waals surface area contributed by atoms with Gasteiger partial charge in [0, 0.05) is 12.1 Å². The maximum Gasteiger partial charge on any atom is 0.307 e. The van der Waals surface area contributed by atoms with Crippen LogP contribution in [0.4, 0.5) is 0 Å². The Balaban J connectivity index is 3.71. The van der Waals surface area contributed by atoms with Crippen molar-refractivity contribution < 1.29 is 14.6 Å². The number of ether oxygens (including phenoxy) is 1. The molecule has 0 amide bonds. The second-order valence-electron chi connectivity index (χ2n) is 3.14. The molecular weight excluding hydrogens is 170 g/mol. The Kier molecular flexibility index (Phi) is 6.54. The van der Waals surface area contributed by atoms with Gasteiger partial charge in [-0.2, -0.15) is 0 Å². The Morgan fingerprint density at radius 3 is 2.62 bits per heavy atom. The molecule has 2 unspecified atom stereocenters. The third-order valence-electron chi connectivity index (χ3n) is 1.93. The SMILES string of the molecule is CCC(CO)NC(C)CC(=O)OC. The van der Waals surface area contributed by atoms with Crippen molar-refractivity contribution in [2.24, 2.45) is 0 Å². The van der Waals surface area contributed by atoms with E-state index in [-0.39, 0.29) is 24.7 Å². The van der Waals surface area contributed by atoms with E-state index >= 15 is 0 Å². The molecule has 0 bridgehead atoms. The zero-order chi connectivity index (χ0) is 10.3. The summed E-state index contributed by atoms with van der Waals surface area (Å²) in [7, 11) is 1.37. The third kappa shape index (κ3) is 5.60. The van der Waals surface area contributed by atoms with E-state index in [9.17, 15) is 4.79 Å². The molecule has 2 atom stereocenters. The number of carbonyl (C=O) groups excluding carboxylic acids is 1. The van der Waals surface area contributed by atoms with Gasteiger partial charge in [-0.3, -0.25) is 4.79 Å². The Morgan fingerprint density at radius 2 is 2.23 bits per heavy atom. The van der Waals surface area contributed by atoms with Crippen molar-refractivity contribution in [1.29, 1.82) is 0 Å². The molecule has 0 aliphatic carbocycles. The third-order valence-corrected chi connectivity index (χ3v) is 1.93. The summed E-state index contributed by atoms with van der Waals surface area (Å²) >= 11 is 0. The van der Waals surface area contributed by atoms with Gasteiger partial charge in [-0.25, -0.2) is 0 Å². The zero-order valence-electron chi connectivity index (χ0n) is 8.54. The number of nitrogens with one attached hydrogen (secondary N) is 1. The Bertz CT molecular complexity index is 146. The lowest BCUT2D eigenvalue weighted by Crippen LogP contribution is -2.39. The zero-order valence-corrected chi connectivity index (χ0v) is 8.54. The van der Waals surface area contributed by atoms with Crippen molar-refractivity contribution in [3.8, 4) is 0 Å². The van der Waals surface area contributed by atoms with Gasteiger partial charge >= 0.3 is 5.97 Å². The summed E-state index contributed by atoms with van der Waals surface area (Å²) in [4.78, 5) is 10.9. The van der Waals surface area contributed by atoms with E-state index in [1.807, 2.05) is 13.8 Å². The van der Waals surface area contributed by atoms with Crippen molar-refractivity contribution in [3.05, 3.63) is 0 Å². The summed E-state index contributed by atoms with van der Waals surface area (Å²) in [5.41, 5.74) is 0. The van der Waals surface area contributed by atoms with Crippen LogP contribution in [0, 0.1) is 0 Å². The molecule has 0 fully saturated rings. The first-order chi connectivity index (χ1) is 6.13. The molecule has 0 saturated heterocycles. The van der Waals surface area contributed by atoms with E-state index < -0.39 is 0 Å². The largest absolute Gasteiger partial charge is 0.469 e. The molecule has 0 aromatic carbocycles. The van der Waals surface area contributed by atoms with Crippen LogP contribution in [0.15, 0.2) is 0 Å². The quantitative estimate of drug-likeness (QED) is 0.590. The fourth-order valence-corrected chi connectivity index (χ4v) is 1.09. The molecule has 0 saturated carbocycles. The highest BCUT2D eigenvalue weighted by Crippen LogP contribution is 1.97. The van der Waals surface area contributed by atoms with Gasteiger partial charge in [0.25, 0.3) is 0 Å². The molecule has 0 heterocycles. The predicted molar refractivity (Wildman–Crippen MR) is 50.4 cm³/mol. The lowest BCUT2D eigenvalue weighted by atomic mass is 10.1. The minimum atomic E-state index is -0.229. The van der Waals surface area contributed by atoms with E-state index in [2.05, 4.69) is 10.1 Å². The van der Waals surface area contributed by atoms with Crippen LogP contribution >= 0.6 is 0 Å². The highest BCUT2D eigenvalue weighted by Gasteiger charge is 2.12. The molecule has 0 spiro atoms. The first-order valence-corrected chi connectivity index (χ1v) is 4.57. The van der Waals surface area contributed by atoms with E-state index in [1.165, 1.54) is 7.11 Å². The molecule has 0 aromatic rings. The minimum Gasteiger partial charge on any atom is -0.469 e. The Labute approximate surface area is 79.3 Å². The normalized spacial score (nSPS) is 15.1. The molecule has 0 aromatic heterocycles. The van der Waals surface area contributed by atoms with Crippen molar-refractivity contribution in [3.63, 3.8) is 0 Å². The molecule has 0 radical (unpaired) electrons. The van der Waals surface area contributed by atoms with Gasteiger partial charge in [-0.05, 0) is 13.3 Å². The van der Waals surface area contributed by atoms with Crippen molar-refractivity contribution in [2.75, 3.05) is 13.7 Å². The standard InChI is InChI=1S/C9H19NO3/c1-4-8(6-11)10-7(2)5-9(12)13-3/h7-8,10-11H,4-6H2,1-3H3. The summed E-state index contributed by atoms with van der Waals surface area (Å²) < 4.78 is 4.53. The van der Waals surface area contributed by atoms with Crippen LogP contribution in [-0.2, 0) is 9.53 Å². The molecule has 4 nitrogen and oxygen atoms in total. The van der Waals surface area contributed by atoms with Gasteiger partial charge in [0.15, 0.2) is 0 Å². The number of methoxy groups -OCH3 is 1. The van der Waals surface area contributed by atoms with E-state index in [0.29, 0.717) is 6.42 Å². The first kappa shape index (κ1) is 12.4.